The number of hydrogen-bond donors (Lipinski definition) is 1. The highest BCUT2D eigenvalue weighted by molar-refractivity contribution is 6.30. The second-order valence-corrected chi connectivity index (χ2v) is 7.31. The van der Waals surface area contributed by atoms with Gasteiger partial charge in [0.2, 0.25) is 0 Å². The van der Waals surface area contributed by atoms with E-state index in [1.807, 2.05) is 61.2 Å². The van der Waals surface area contributed by atoms with E-state index in [1.54, 1.807) is 0 Å². The van der Waals surface area contributed by atoms with Gasteiger partial charge in [0.15, 0.2) is 0 Å². The molecule has 0 atom stereocenters. The van der Waals surface area contributed by atoms with Crippen LogP contribution in [0.5, 0.6) is 0 Å². The van der Waals surface area contributed by atoms with E-state index in [0.29, 0.717) is 5.02 Å². The maximum atomic E-state index is 12.7. The van der Waals surface area contributed by atoms with Crippen LogP contribution >= 0.6 is 11.6 Å². The van der Waals surface area contributed by atoms with Crippen LogP contribution in [0.4, 0.5) is 10.5 Å². The van der Waals surface area contributed by atoms with Crippen LogP contribution in [0, 0.1) is 0 Å². The first-order valence-electron chi connectivity index (χ1n) is 8.59. The summed E-state index contributed by atoms with van der Waals surface area (Å²) in [5, 5.41) is 3.84. The average molecular weight is 358 g/mol. The number of nitrogens with one attached hydrogen (secondary N) is 1. The number of amides is 2. The van der Waals surface area contributed by atoms with Crippen LogP contribution in [0.15, 0.2) is 54.6 Å². The van der Waals surface area contributed by atoms with Gasteiger partial charge in [-0.15, -0.1) is 0 Å². The molecule has 5 heteroatoms. The van der Waals surface area contributed by atoms with Crippen molar-refractivity contribution in [3.05, 3.63) is 65.2 Å². The van der Waals surface area contributed by atoms with E-state index in [0.717, 1.165) is 31.7 Å². The van der Waals surface area contributed by atoms with Crippen LogP contribution in [-0.4, -0.2) is 37.1 Å². The third-order valence-corrected chi connectivity index (χ3v) is 4.93. The van der Waals surface area contributed by atoms with Gasteiger partial charge in [0, 0.05) is 36.9 Å². The monoisotopic (exact) mass is 357 g/mol. The van der Waals surface area contributed by atoms with E-state index in [4.69, 9.17) is 11.6 Å². The second-order valence-electron chi connectivity index (χ2n) is 6.87. The van der Waals surface area contributed by atoms with Gasteiger partial charge < -0.3 is 15.1 Å². The Hall–Kier alpha value is -2.20. The number of carbonyl (C=O) groups is 1. The molecule has 1 saturated heterocycles. The molecule has 0 saturated carbocycles. The lowest BCUT2D eigenvalue weighted by molar-refractivity contribution is 0.183. The summed E-state index contributed by atoms with van der Waals surface area (Å²) in [4.78, 5) is 16.9. The summed E-state index contributed by atoms with van der Waals surface area (Å²) in [5.41, 5.74) is 1.80. The Morgan fingerprint density at radius 3 is 2.16 bits per heavy atom. The number of para-hydroxylation sites is 1. The molecule has 132 valence electrons. The number of rotatable bonds is 3. The molecule has 1 fully saturated rings. The third-order valence-electron chi connectivity index (χ3n) is 4.67. The topological polar surface area (TPSA) is 35.6 Å². The summed E-state index contributed by atoms with van der Waals surface area (Å²) in [6.07, 6.45) is 0. The van der Waals surface area contributed by atoms with Crippen molar-refractivity contribution in [1.29, 1.82) is 0 Å². The molecular formula is C20H24ClN3O. The quantitative estimate of drug-likeness (QED) is 0.897. The zero-order valence-corrected chi connectivity index (χ0v) is 15.5. The van der Waals surface area contributed by atoms with Gasteiger partial charge in [0.25, 0.3) is 0 Å². The maximum Gasteiger partial charge on any atom is 0.318 e. The highest BCUT2D eigenvalue weighted by atomic mass is 35.5. The van der Waals surface area contributed by atoms with E-state index in [9.17, 15) is 4.79 Å². The smallest absolute Gasteiger partial charge is 0.318 e. The molecular weight excluding hydrogens is 334 g/mol. The summed E-state index contributed by atoms with van der Waals surface area (Å²) in [7, 11) is 0. The number of carbonyl (C=O) groups excluding carboxylic acids is 1. The van der Waals surface area contributed by atoms with Crippen LogP contribution in [0.2, 0.25) is 5.02 Å². The molecule has 2 aromatic carbocycles. The largest absolute Gasteiger partial charge is 0.368 e. The summed E-state index contributed by atoms with van der Waals surface area (Å²) >= 11 is 5.95. The van der Waals surface area contributed by atoms with E-state index in [2.05, 4.69) is 22.3 Å². The van der Waals surface area contributed by atoms with Crippen molar-refractivity contribution in [1.82, 2.24) is 10.2 Å². The number of nitrogens with zero attached hydrogens (tertiary/aromatic N) is 2. The van der Waals surface area contributed by atoms with Gasteiger partial charge in [-0.3, -0.25) is 0 Å². The summed E-state index contributed by atoms with van der Waals surface area (Å²) in [6, 6.07) is 17.9. The minimum absolute atomic E-state index is 0.0207. The van der Waals surface area contributed by atoms with Gasteiger partial charge in [0.05, 0.1) is 5.54 Å². The Balaban J connectivity index is 1.58. The fourth-order valence-corrected chi connectivity index (χ4v) is 3.22. The van der Waals surface area contributed by atoms with E-state index in [-0.39, 0.29) is 6.03 Å². The lowest BCUT2D eigenvalue weighted by atomic mass is 9.94. The van der Waals surface area contributed by atoms with Crippen molar-refractivity contribution in [3.63, 3.8) is 0 Å². The highest BCUT2D eigenvalue weighted by Gasteiger charge is 2.27. The Morgan fingerprint density at radius 1 is 0.960 bits per heavy atom. The van der Waals surface area contributed by atoms with Crippen molar-refractivity contribution < 1.29 is 4.79 Å². The Labute approximate surface area is 154 Å². The van der Waals surface area contributed by atoms with Crippen molar-refractivity contribution in [3.8, 4) is 0 Å². The van der Waals surface area contributed by atoms with Crippen molar-refractivity contribution >= 4 is 23.3 Å². The number of piperazine rings is 1. The molecule has 4 nitrogen and oxygen atoms in total. The Kier molecular flexibility index (Phi) is 5.19. The zero-order valence-electron chi connectivity index (χ0n) is 14.7. The second kappa shape index (κ2) is 7.36. The number of benzene rings is 2. The van der Waals surface area contributed by atoms with Gasteiger partial charge in [-0.2, -0.15) is 0 Å². The summed E-state index contributed by atoms with van der Waals surface area (Å²) in [5.74, 6) is 0. The fourth-order valence-electron chi connectivity index (χ4n) is 3.09. The lowest BCUT2D eigenvalue weighted by Gasteiger charge is -2.38. The average Bonchev–Trinajstić information content (AvgIpc) is 2.62. The predicted molar refractivity (Wildman–Crippen MR) is 103 cm³/mol. The van der Waals surface area contributed by atoms with Crippen LogP contribution in [0.25, 0.3) is 0 Å². The molecule has 3 rings (SSSR count). The fraction of sp³-hybridized carbons (Fsp3) is 0.350. The SMILES string of the molecule is CC(C)(NC(=O)N1CCN(c2ccccc2)CC1)c1ccc(Cl)cc1. The predicted octanol–water partition coefficient (Wildman–Crippen LogP) is 4.11. The van der Waals surface area contributed by atoms with Gasteiger partial charge >= 0.3 is 6.03 Å². The molecule has 1 N–H and O–H groups in total. The van der Waals surface area contributed by atoms with Crippen molar-refractivity contribution in [2.24, 2.45) is 0 Å². The molecule has 2 aromatic rings. The highest BCUT2D eigenvalue weighted by Crippen LogP contribution is 2.23. The standard InChI is InChI=1S/C20H24ClN3O/c1-20(2,16-8-10-17(21)11-9-16)22-19(25)24-14-12-23(13-15-24)18-6-4-3-5-7-18/h3-11H,12-15H2,1-2H3,(H,22,25). The van der Waals surface area contributed by atoms with E-state index in [1.165, 1.54) is 5.69 Å². The molecule has 0 unspecified atom stereocenters. The molecule has 0 aromatic heterocycles. The summed E-state index contributed by atoms with van der Waals surface area (Å²) < 4.78 is 0. The first-order chi connectivity index (χ1) is 12.0. The van der Waals surface area contributed by atoms with Crippen LogP contribution < -0.4 is 10.2 Å². The first kappa shape index (κ1) is 17.6. The van der Waals surface area contributed by atoms with Crippen molar-refractivity contribution in [2.45, 2.75) is 19.4 Å². The molecule has 0 bridgehead atoms. The minimum atomic E-state index is -0.446. The van der Waals surface area contributed by atoms with Gasteiger partial charge in [0.1, 0.15) is 0 Å². The Bertz CT molecular complexity index is 707. The van der Waals surface area contributed by atoms with Gasteiger partial charge in [-0.05, 0) is 43.7 Å². The van der Waals surface area contributed by atoms with Crippen LogP contribution in [0.3, 0.4) is 0 Å². The molecule has 1 aliphatic heterocycles. The molecule has 1 heterocycles. The third kappa shape index (κ3) is 4.26. The lowest BCUT2D eigenvalue weighted by Crippen LogP contribution is -2.55. The van der Waals surface area contributed by atoms with Crippen molar-refractivity contribution in [2.75, 3.05) is 31.1 Å². The number of anilines is 1. The van der Waals surface area contributed by atoms with E-state index >= 15 is 0 Å². The molecule has 25 heavy (non-hydrogen) atoms. The molecule has 0 aliphatic carbocycles. The number of hydrogen-bond acceptors (Lipinski definition) is 2. The minimum Gasteiger partial charge on any atom is -0.368 e. The maximum absolute atomic E-state index is 12.7. The molecule has 1 aliphatic rings. The van der Waals surface area contributed by atoms with Gasteiger partial charge in [-0.1, -0.05) is 41.9 Å². The number of halogens is 1. The molecule has 0 radical (unpaired) electrons. The zero-order chi connectivity index (χ0) is 17.9. The number of urea groups is 1. The van der Waals surface area contributed by atoms with E-state index < -0.39 is 5.54 Å². The van der Waals surface area contributed by atoms with Gasteiger partial charge in [-0.25, -0.2) is 4.79 Å². The summed E-state index contributed by atoms with van der Waals surface area (Å²) in [6.45, 7) is 7.15. The van der Waals surface area contributed by atoms with Crippen LogP contribution in [0.1, 0.15) is 19.4 Å². The van der Waals surface area contributed by atoms with Crippen LogP contribution in [-0.2, 0) is 5.54 Å². The molecule has 2 amide bonds. The Morgan fingerprint density at radius 2 is 1.56 bits per heavy atom. The normalized spacial score (nSPS) is 15.2. The first-order valence-corrected chi connectivity index (χ1v) is 8.97. The molecule has 0 spiro atoms.